The smallest absolute Gasteiger partial charge is 0.351 e. The number of alkyl halides is 3. The van der Waals surface area contributed by atoms with E-state index in [0.717, 1.165) is 40.0 Å². The van der Waals surface area contributed by atoms with Gasteiger partial charge < -0.3 is 15.1 Å². The number of halogens is 3. The van der Waals surface area contributed by atoms with Crippen LogP contribution in [0.1, 0.15) is 12.5 Å². The highest BCUT2D eigenvalue weighted by atomic mass is 19.4. The van der Waals surface area contributed by atoms with Gasteiger partial charge in [0.05, 0.1) is 5.56 Å². The Kier molecular flexibility index (Phi) is 6.22. The number of amides is 2. The fourth-order valence-electron chi connectivity index (χ4n) is 4.52. The highest BCUT2D eigenvalue weighted by molar-refractivity contribution is 6.00. The second-order valence-corrected chi connectivity index (χ2v) is 8.78. The number of benzene rings is 3. The zero-order chi connectivity index (χ0) is 25.3. The van der Waals surface area contributed by atoms with Crippen molar-refractivity contribution >= 4 is 28.3 Å². The summed E-state index contributed by atoms with van der Waals surface area (Å²) in [5, 5.41) is 13.8. The highest BCUT2D eigenvalue weighted by Crippen LogP contribution is 2.33. The van der Waals surface area contributed by atoms with Gasteiger partial charge >= 0.3 is 12.2 Å². The Morgan fingerprint density at radius 2 is 1.56 bits per heavy atom. The summed E-state index contributed by atoms with van der Waals surface area (Å²) in [5.41, 5.74) is 1.37. The molecule has 184 valence electrons. The van der Waals surface area contributed by atoms with E-state index < -0.39 is 11.7 Å². The zero-order valence-electron chi connectivity index (χ0n) is 19.5. The Balaban J connectivity index is 1.32. The Hall–Kier alpha value is -4.14. The standard InChI is InChI=1S/C27H24F3N5O/c1-18-17-34(15-16-35(18)26(36)31-21-13-11-20(12-14-21)27(28,29)30)25-23-10-6-5-9-22(23)24(32-33-25)19-7-3-2-4-8-19/h2-14,18H,15-17H2,1H3,(H,31,36). The molecule has 0 spiro atoms. The molecule has 1 unspecified atom stereocenters. The van der Waals surface area contributed by atoms with E-state index in [1.165, 1.54) is 12.1 Å². The number of urea groups is 1. The number of nitrogens with one attached hydrogen (secondary N) is 1. The molecule has 0 radical (unpaired) electrons. The number of hydrogen-bond donors (Lipinski definition) is 1. The SMILES string of the molecule is CC1CN(c2nnc(-c3ccccc3)c3ccccc23)CCN1C(=O)Nc1ccc(C(F)(F)F)cc1. The quantitative estimate of drug-likeness (QED) is 0.379. The summed E-state index contributed by atoms with van der Waals surface area (Å²) in [7, 11) is 0. The number of nitrogens with zero attached hydrogens (tertiary/aromatic N) is 4. The second kappa shape index (κ2) is 9.49. The first-order valence-electron chi connectivity index (χ1n) is 11.6. The van der Waals surface area contributed by atoms with E-state index in [2.05, 4.69) is 20.4 Å². The number of anilines is 2. The minimum atomic E-state index is -4.42. The van der Waals surface area contributed by atoms with Gasteiger partial charge in [-0.15, -0.1) is 10.2 Å². The molecule has 0 aliphatic carbocycles. The average molecular weight is 492 g/mol. The van der Waals surface area contributed by atoms with E-state index in [-0.39, 0.29) is 12.1 Å². The van der Waals surface area contributed by atoms with Crippen LogP contribution in [0.2, 0.25) is 0 Å². The van der Waals surface area contributed by atoms with E-state index in [1.807, 2.05) is 61.5 Å². The van der Waals surface area contributed by atoms with Gasteiger partial charge in [-0.05, 0) is 31.2 Å². The lowest BCUT2D eigenvalue weighted by Crippen LogP contribution is -2.55. The van der Waals surface area contributed by atoms with Crippen molar-refractivity contribution in [3.05, 3.63) is 84.4 Å². The number of rotatable bonds is 3. The van der Waals surface area contributed by atoms with Crippen LogP contribution in [0.5, 0.6) is 0 Å². The maximum atomic E-state index is 12.9. The molecule has 0 bridgehead atoms. The van der Waals surface area contributed by atoms with E-state index in [0.29, 0.717) is 25.3 Å². The van der Waals surface area contributed by atoms with Gasteiger partial charge in [-0.3, -0.25) is 0 Å². The molecule has 1 aliphatic rings. The van der Waals surface area contributed by atoms with Crippen molar-refractivity contribution in [1.82, 2.24) is 15.1 Å². The number of hydrogen-bond acceptors (Lipinski definition) is 4. The van der Waals surface area contributed by atoms with Crippen molar-refractivity contribution in [1.29, 1.82) is 0 Å². The van der Waals surface area contributed by atoms with Crippen LogP contribution in [-0.4, -0.2) is 46.8 Å². The summed E-state index contributed by atoms with van der Waals surface area (Å²) in [6.07, 6.45) is -4.42. The molecule has 2 heterocycles. The lowest BCUT2D eigenvalue weighted by atomic mass is 10.0. The molecule has 1 saturated heterocycles. The van der Waals surface area contributed by atoms with Crippen LogP contribution in [0.4, 0.5) is 29.5 Å². The van der Waals surface area contributed by atoms with Crippen molar-refractivity contribution in [2.75, 3.05) is 29.9 Å². The van der Waals surface area contributed by atoms with Crippen LogP contribution in [0.25, 0.3) is 22.0 Å². The van der Waals surface area contributed by atoms with Crippen molar-refractivity contribution in [2.45, 2.75) is 19.1 Å². The molecule has 1 fully saturated rings. The molecule has 36 heavy (non-hydrogen) atoms. The molecule has 9 heteroatoms. The molecule has 3 aromatic carbocycles. The Bertz CT molecular complexity index is 1380. The van der Waals surface area contributed by atoms with Crippen LogP contribution in [0.15, 0.2) is 78.9 Å². The van der Waals surface area contributed by atoms with Crippen molar-refractivity contribution in [3.8, 4) is 11.3 Å². The predicted octanol–water partition coefficient (Wildman–Crippen LogP) is 6.06. The van der Waals surface area contributed by atoms with Gasteiger partial charge in [0.1, 0.15) is 5.69 Å². The average Bonchev–Trinajstić information content (AvgIpc) is 2.88. The van der Waals surface area contributed by atoms with Gasteiger partial charge in [0, 0.05) is 47.7 Å². The maximum absolute atomic E-state index is 12.9. The molecule has 1 N–H and O–H groups in total. The summed E-state index contributed by atoms with van der Waals surface area (Å²) in [6, 6.07) is 21.9. The van der Waals surface area contributed by atoms with Gasteiger partial charge in [-0.25, -0.2) is 4.79 Å². The number of aromatic nitrogens is 2. The molecular formula is C27H24F3N5O. The molecule has 4 aromatic rings. The highest BCUT2D eigenvalue weighted by Gasteiger charge is 2.31. The van der Waals surface area contributed by atoms with Gasteiger partial charge in [-0.2, -0.15) is 13.2 Å². The molecule has 2 amide bonds. The second-order valence-electron chi connectivity index (χ2n) is 8.78. The lowest BCUT2D eigenvalue weighted by Gasteiger charge is -2.40. The van der Waals surface area contributed by atoms with Crippen molar-refractivity contribution in [3.63, 3.8) is 0 Å². The monoisotopic (exact) mass is 491 g/mol. The summed E-state index contributed by atoms with van der Waals surface area (Å²) < 4.78 is 38.4. The van der Waals surface area contributed by atoms with E-state index >= 15 is 0 Å². The van der Waals surface area contributed by atoms with Crippen molar-refractivity contribution < 1.29 is 18.0 Å². The molecule has 1 aromatic heterocycles. The van der Waals surface area contributed by atoms with Crippen molar-refractivity contribution in [2.24, 2.45) is 0 Å². The topological polar surface area (TPSA) is 61.4 Å². The third kappa shape index (κ3) is 4.68. The molecule has 1 aliphatic heterocycles. The number of fused-ring (bicyclic) bond motifs is 1. The first-order valence-corrected chi connectivity index (χ1v) is 11.6. The molecule has 6 nitrogen and oxygen atoms in total. The first-order chi connectivity index (χ1) is 17.3. The minimum Gasteiger partial charge on any atom is -0.351 e. The van der Waals surface area contributed by atoms with Crippen LogP contribution >= 0.6 is 0 Å². The normalized spacial score (nSPS) is 16.3. The Morgan fingerprint density at radius 3 is 2.22 bits per heavy atom. The third-order valence-electron chi connectivity index (χ3n) is 6.37. The fraction of sp³-hybridized carbons (Fsp3) is 0.222. The van der Waals surface area contributed by atoms with Crippen LogP contribution in [-0.2, 0) is 6.18 Å². The number of carbonyl (C=O) groups excluding carboxylic acids is 1. The molecular weight excluding hydrogens is 467 g/mol. The molecule has 0 saturated carbocycles. The van der Waals surface area contributed by atoms with Crippen LogP contribution < -0.4 is 10.2 Å². The van der Waals surface area contributed by atoms with Crippen LogP contribution in [0, 0.1) is 0 Å². The summed E-state index contributed by atoms with van der Waals surface area (Å²) in [5.74, 6) is 0.764. The lowest BCUT2D eigenvalue weighted by molar-refractivity contribution is -0.137. The predicted molar refractivity (Wildman–Crippen MR) is 134 cm³/mol. The molecule has 1 atom stereocenters. The first kappa shape index (κ1) is 23.6. The van der Waals surface area contributed by atoms with E-state index in [9.17, 15) is 18.0 Å². The number of piperazine rings is 1. The van der Waals surface area contributed by atoms with Crippen LogP contribution in [0.3, 0.4) is 0 Å². The third-order valence-corrected chi connectivity index (χ3v) is 6.37. The Labute approximate surface area is 206 Å². The van der Waals surface area contributed by atoms with Gasteiger partial charge in [0.2, 0.25) is 0 Å². The van der Waals surface area contributed by atoms with Gasteiger partial charge in [-0.1, -0.05) is 54.6 Å². The molecule has 5 rings (SSSR count). The van der Waals surface area contributed by atoms with E-state index in [4.69, 9.17) is 0 Å². The maximum Gasteiger partial charge on any atom is 0.416 e. The zero-order valence-corrected chi connectivity index (χ0v) is 19.5. The van der Waals surface area contributed by atoms with E-state index in [1.54, 1.807) is 4.90 Å². The fourth-order valence-corrected chi connectivity index (χ4v) is 4.52. The summed E-state index contributed by atoms with van der Waals surface area (Å²) in [6.45, 7) is 3.47. The Morgan fingerprint density at radius 1 is 0.889 bits per heavy atom. The summed E-state index contributed by atoms with van der Waals surface area (Å²) >= 11 is 0. The van der Waals surface area contributed by atoms with Gasteiger partial charge in [0.25, 0.3) is 0 Å². The largest absolute Gasteiger partial charge is 0.416 e. The number of carbonyl (C=O) groups is 1. The minimum absolute atomic E-state index is 0.150. The summed E-state index contributed by atoms with van der Waals surface area (Å²) in [4.78, 5) is 16.7. The van der Waals surface area contributed by atoms with Gasteiger partial charge in [0.15, 0.2) is 5.82 Å².